The highest BCUT2D eigenvalue weighted by Crippen LogP contribution is 2.37. The molecule has 33 heavy (non-hydrogen) atoms. The summed E-state index contributed by atoms with van der Waals surface area (Å²) in [6.45, 7) is 3.66. The lowest BCUT2D eigenvalue weighted by Gasteiger charge is -2.30. The molecule has 0 aliphatic carbocycles. The van der Waals surface area contributed by atoms with E-state index in [0.29, 0.717) is 28.4 Å². The van der Waals surface area contributed by atoms with Crippen LogP contribution in [0.5, 0.6) is 0 Å². The van der Waals surface area contributed by atoms with E-state index in [1.165, 1.54) is 4.90 Å². The molecule has 2 aliphatic rings. The molecule has 2 aromatic heterocycles. The van der Waals surface area contributed by atoms with Crippen molar-refractivity contribution >= 4 is 50.7 Å². The van der Waals surface area contributed by atoms with Gasteiger partial charge in [-0.1, -0.05) is 36.4 Å². The van der Waals surface area contributed by atoms with Gasteiger partial charge in [-0.05, 0) is 12.1 Å². The van der Waals surface area contributed by atoms with Crippen LogP contribution in [0, 0.1) is 0 Å². The molecule has 1 fully saturated rings. The van der Waals surface area contributed by atoms with E-state index in [1.807, 2.05) is 48.5 Å². The number of amides is 2. The summed E-state index contributed by atoms with van der Waals surface area (Å²) < 4.78 is 0. The van der Waals surface area contributed by atoms with Gasteiger partial charge in [0.05, 0.1) is 55.6 Å². The molecule has 3 N–H and O–H groups in total. The summed E-state index contributed by atoms with van der Waals surface area (Å²) in [5, 5.41) is 4.13. The van der Waals surface area contributed by atoms with Gasteiger partial charge in [-0.25, -0.2) is 9.97 Å². The fourth-order valence-electron chi connectivity index (χ4n) is 4.70. The third kappa shape index (κ3) is 3.18. The predicted molar refractivity (Wildman–Crippen MR) is 127 cm³/mol. The van der Waals surface area contributed by atoms with Gasteiger partial charge < -0.3 is 14.8 Å². The van der Waals surface area contributed by atoms with Crippen LogP contribution in [0.25, 0.3) is 33.0 Å². The van der Waals surface area contributed by atoms with Crippen LogP contribution >= 0.6 is 0 Å². The second kappa shape index (κ2) is 7.53. The molecule has 8 heteroatoms. The molecule has 0 bridgehead atoms. The number of H-pyrrole nitrogens is 1. The highest BCUT2D eigenvalue weighted by atomic mass is 16.2. The number of rotatable bonds is 3. The Kier molecular flexibility index (Phi) is 4.48. The fraction of sp³-hybridized carbons (Fsp3) is 0.200. The molecular weight excluding hydrogens is 416 g/mol. The van der Waals surface area contributed by atoms with Crippen molar-refractivity contribution in [2.75, 3.05) is 38.1 Å². The van der Waals surface area contributed by atoms with E-state index in [1.54, 1.807) is 6.20 Å². The Hall–Kier alpha value is -4.04. The monoisotopic (exact) mass is 439 g/mol. The average Bonchev–Trinajstić information content (AvgIpc) is 3.38. The first-order valence-electron chi connectivity index (χ1n) is 11.1. The number of hydrogen-bond donors (Lipinski definition) is 3. The number of anilines is 1. The number of carbonyl (C=O) groups excluding carboxylic acids is 2. The van der Waals surface area contributed by atoms with Crippen molar-refractivity contribution < 1.29 is 14.5 Å². The topological polar surface area (TPSA) is 95.4 Å². The molecule has 2 aromatic carbocycles. The number of aromatic amines is 1. The van der Waals surface area contributed by atoms with Crippen LogP contribution in [0.4, 0.5) is 5.95 Å². The van der Waals surface area contributed by atoms with Gasteiger partial charge >= 0.3 is 0 Å². The van der Waals surface area contributed by atoms with Crippen LogP contribution in [-0.2, 0) is 9.59 Å². The maximum Gasteiger partial charge on any atom is 0.261 e. The van der Waals surface area contributed by atoms with E-state index < -0.39 is 11.8 Å². The van der Waals surface area contributed by atoms with Crippen LogP contribution in [0.15, 0.2) is 54.7 Å². The van der Waals surface area contributed by atoms with Gasteiger partial charge in [-0.15, -0.1) is 0 Å². The maximum absolute atomic E-state index is 13.1. The molecule has 1 saturated heterocycles. The number of aromatic nitrogens is 3. The zero-order chi connectivity index (χ0) is 22.5. The van der Waals surface area contributed by atoms with Gasteiger partial charge in [0.15, 0.2) is 0 Å². The summed E-state index contributed by atoms with van der Waals surface area (Å²) in [4.78, 5) is 42.6. The lowest BCUT2D eigenvalue weighted by molar-refractivity contribution is -0.880. The first-order chi connectivity index (χ1) is 16.1. The summed E-state index contributed by atoms with van der Waals surface area (Å²) in [6.07, 6.45) is 1.78. The molecule has 0 saturated carbocycles. The van der Waals surface area contributed by atoms with E-state index in [0.717, 1.165) is 48.0 Å². The summed E-state index contributed by atoms with van der Waals surface area (Å²) in [7, 11) is 2.18. The number of para-hydroxylation sites is 2. The Bertz CT molecular complexity index is 1460. The Balaban J connectivity index is 1.60. The summed E-state index contributed by atoms with van der Waals surface area (Å²) >= 11 is 0. The minimum absolute atomic E-state index is 0.296. The molecule has 2 amide bonds. The number of imide groups is 1. The molecule has 4 aromatic rings. The van der Waals surface area contributed by atoms with Crippen LogP contribution in [0.1, 0.15) is 11.3 Å². The lowest BCUT2D eigenvalue weighted by Crippen LogP contribution is -3.12. The number of quaternary nitrogens is 1. The number of likely N-dealkylation sites (N-methyl/N-ethyl adjacent to an activating group) is 1. The van der Waals surface area contributed by atoms with E-state index in [2.05, 4.69) is 22.2 Å². The van der Waals surface area contributed by atoms with Gasteiger partial charge in [0.1, 0.15) is 0 Å². The average molecular weight is 439 g/mol. The number of fused-ring (bicyclic) bond motifs is 2. The normalized spacial score (nSPS) is 17.4. The number of hydrogen-bond acceptors (Lipinski definition) is 5. The van der Waals surface area contributed by atoms with Gasteiger partial charge in [-0.2, -0.15) is 0 Å². The first-order valence-corrected chi connectivity index (χ1v) is 11.1. The van der Waals surface area contributed by atoms with Crippen molar-refractivity contribution in [2.45, 2.75) is 0 Å². The van der Waals surface area contributed by atoms with Gasteiger partial charge in [0, 0.05) is 28.0 Å². The quantitative estimate of drug-likeness (QED) is 0.414. The van der Waals surface area contributed by atoms with Crippen molar-refractivity contribution in [3.05, 3.63) is 66.0 Å². The molecule has 8 nitrogen and oxygen atoms in total. The van der Waals surface area contributed by atoms with Crippen molar-refractivity contribution in [3.63, 3.8) is 0 Å². The van der Waals surface area contributed by atoms with E-state index in [4.69, 9.17) is 9.97 Å². The second-order valence-electron chi connectivity index (χ2n) is 8.61. The maximum atomic E-state index is 13.1. The van der Waals surface area contributed by atoms with E-state index in [-0.39, 0.29) is 0 Å². The van der Waals surface area contributed by atoms with Crippen molar-refractivity contribution in [1.29, 1.82) is 0 Å². The lowest BCUT2D eigenvalue weighted by atomic mass is 9.97. The molecule has 0 radical (unpaired) electrons. The third-order valence-corrected chi connectivity index (χ3v) is 6.52. The Morgan fingerprint density at radius 3 is 2.39 bits per heavy atom. The van der Waals surface area contributed by atoms with Gasteiger partial charge in [0.2, 0.25) is 5.95 Å². The summed E-state index contributed by atoms with van der Waals surface area (Å²) in [5.74, 6) is -0.251. The van der Waals surface area contributed by atoms with Crippen LogP contribution in [0.3, 0.4) is 0 Å². The Labute approximate surface area is 189 Å². The van der Waals surface area contributed by atoms with E-state index in [9.17, 15) is 9.59 Å². The summed E-state index contributed by atoms with van der Waals surface area (Å²) in [5.41, 5.74) is 3.47. The minimum atomic E-state index is -0.432. The number of benzene rings is 2. The molecule has 0 atom stereocenters. The highest BCUT2D eigenvalue weighted by Gasteiger charge is 2.36. The minimum Gasteiger partial charge on any atom is -0.361 e. The molecule has 164 valence electrons. The zero-order valence-electron chi connectivity index (χ0n) is 18.2. The van der Waals surface area contributed by atoms with Crippen molar-refractivity contribution in [2.24, 2.45) is 0 Å². The fourth-order valence-corrected chi connectivity index (χ4v) is 4.70. The molecule has 0 unspecified atom stereocenters. The molecule has 6 rings (SSSR count). The highest BCUT2D eigenvalue weighted by molar-refractivity contribution is 6.50. The van der Waals surface area contributed by atoms with Gasteiger partial charge in [-0.3, -0.25) is 14.9 Å². The van der Waals surface area contributed by atoms with E-state index >= 15 is 0 Å². The molecular formula is C25H23N6O2+. The van der Waals surface area contributed by atoms with Crippen LogP contribution < -0.4 is 15.1 Å². The van der Waals surface area contributed by atoms with Crippen LogP contribution in [0.2, 0.25) is 0 Å². The van der Waals surface area contributed by atoms with Gasteiger partial charge in [0.25, 0.3) is 11.8 Å². The predicted octanol–water partition coefficient (Wildman–Crippen LogP) is 1.01. The SMILES string of the molecule is C[NH+]1CCN(c2nc(C3=C(c4c[nH]c5ccccc45)C(=O)NC3=O)c3ccccc3n2)CC1. The largest absolute Gasteiger partial charge is 0.361 e. The summed E-state index contributed by atoms with van der Waals surface area (Å²) in [6, 6.07) is 15.4. The van der Waals surface area contributed by atoms with Crippen molar-refractivity contribution in [1.82, 2.24) is 20.3 Å². The number of carbonyl (C=O) groups is 2. The molecule has 4 heterocycles. The number of nitrogens with zero attached hydrogens (tertiary/aromatic N) is 3. The Morgan fingerprint density at radius 1 is 0.879 bits per heavy atom. The molecule has 2 aliphatic heterocycles. The third-order valence-electron chi connectivity index (χ3n) is 6.52. The Morgan fingerprint density at radius 2 is 1.58 bits per heavy atom. The number of nitrogens with one attached hydrogen (secondary N) is 3. The van der Waals surface area contributed by atoms with Crippen molar-refractivity contribution in [3.8, 4) is 0 Å². The molecule has 0 spiro atoms. The number of piperazine rings is 1. The first kappa shape index (κ1) is 19.6. The second-order valence-corrected chi connectivity index (χ2v) is 8.61. The zero-order valence-corrected chi connectivity index (χ0v) is 18.2. The van der Waals surface area contributed by atoms with Crippen LogP contribution in [-0.4, -0.2) is 60.0 Å². The standard InChI is InChI=1S/C25H22N6O2/c1-30-10-12-31(13-11-30)25-27-19-9-5-3-7-16(19)22(28-25)21-20(23(32)29-24(21)33)17-14-26-18-8-4-2-6-15(17)18/h2-9,14,26H,10-13H2,1H3,(H,29,32,33)/p+1. The smallest absolute Gasteiger partial charge is 0.261 e.